The predicted molar refractivity (Wildman–Crippen MR) is 98.3 cm³/mol. The minimum atomic E-state index is -0.184. The van der Waals surface area contributed by atoms with Gasteiger partial charge >= 0.3 is 0 Å². The number of benzene rings is 1. The summed E-state index contributed by atoms with van der Waals surface area (Å²) >= 11 is 0. The lowest BCUT2D eigenvalue weighted by Gasteiger charge is -2.07. The van der Waals surface area contributed by atoms with Gasteiger partial charge in [-0.25, -0.2) is 0 Å². The smallest absolute Gasteiger partial charge is 0.244 e. The lowest BCUT2D eigenvalue weighted by Crippen LogP contribution is -2.24. The quantitative estimate of drug-likeness (QED) is 0.659. The van der Waals surface area contributed by atoms with Gasteiger partial charge < -0.3 is 14.8 Å². The molecule has 2 heterocycles. The van der Waals surface area contributed by atoms with Crippen LogP contribution in [0.1, 0.15) is 11.4 Å². The van der Waals surface area contributed by atoms with Gasteiger partial charge in [-0.15, -0.1) is 10.2 Å². The van der Waals surface area contributed by atoms with Gasteiger partial charge in [0.15, 0.2) is 5.65 Å². The highest BCUT2D eigenvalue weighted by molar-refractivity contribution is 5.92. The molecule has 0 spiro atoms. The monoisotopic (exact) mass is 352 g/mol. The fourth-order valence-electron chi connectivity index (χ4n) is 2.54. The van der Waals surface area contributed by atoms with E-state index in [0.29, 0.717) is 24.5 Å². The molecule has 3 rings (SSSR count). The Bertz CT molecular complexity index is 933. The van der Waals surface area contributed by atoms with Crippen molar-refractivity contribution < 1.29 is 14.3 Å². The highest BCUT2D eigenvalue weighted by atomic mass is 16.5. The van der Waals surface area contributed by atoms with Gasteiger partial charge in [-0.05, 0) is 30.3 Å². The highest BCUT2D eigenvalue weighted by Crippen LogP contribution is 2.25. The van der Waals surface area contributed by atoms with E-state index in [1.807, 2.05) is 40.9 Å². The molecule has 7 heteroatoms. The minimum Gasteiger partial charge on any atom is -0.497 e. The van der Waals surface area contributed by atoms with E-state index in [4.69, 9.17) is 9.47 Å². The van der Waals surface area contributed by atoms with E-state index in [0.717, 1.165) is 17.0 Å². The fourth-order valence-corrected chi connectivity index (χ4v) is 2.54. The number of hydrogen-bond donors (Lipinski definition) is 1. The Morgan fingerprint density at radius 1 is 1.19 bits per heavy atom. The summed E-state index contributed by atoms with van der Waals surface area (Å²) in [6.45, 7) is 0.471. The van der Waals surface area contributed by atoms with E-state index in [2.05, 4.69) is 15.5 Å². The van der Waals surface area contributed by atoms with Gasteiger partial charge in [0, 0.05) is 36.9 Å². The maximum atomic E-state index is 12.0. The molecule has 3 aromatic rings. The number of nitrogens with one attached hydrogen (secondary N) is 1. The molecule has 0 radical (unpaired) electrons. The van der Waals surface area contributed by atoms with Crippen LogP contribution < -0.4 is 14.8 Å². The molecule has 0 atom stereocenters. The molecule has 0 saturated heterocycles. The van der Waals surface area contributed by atoms with Crippen molar-refractivity contribution in [2.75, 3.05) is 20.8 Å². The molecule has 26 heavy (non-hydrogen) atoms. The Labute approximate surface area is 151 Å². The SMILES string of the molecule is COc1ccc(/C=C/C(=O)NCCc2nnc3ccccn23)c(OC)c1. The summed E-state index contributed by atoms with van der Waals surface area (Å²) in [5.41, 5.74) is 1.59. The summed E-state index contributed by atoms with van der Waals surface area (Å²) in [6.07, 6.45) is 5.69. The van der Waals surface area contributed by atoms with Crippen LogP contribution in [0.5, 0.6) is 11.5 Å². The lowest BCUT2D eigenvalue weighted by atomic mass is 10.1. The fraction of sp³-hybridized carbons (Fsp3) is 0.211. The molecule has 0 aliphatic rings. The minimum absolute atomic E-state index is 0.184. The number of rotatable bonds is 7. The normalized spacial score (nSPS) is 11.0. The Hall–Kier alpha value is -3.35. The molecule has 134 valence electrons. The third-order valence-corrected chi connectivity index (χ3v) is 3.89. The van der Waals surface area contributed by atoms with Crippen LogP contribution >= 0.6 is 0 Å². The molecule has 0 fully saturated rings. The summed E-state index contributed by atoms with van der Waals surface area (Å²) in [5.74, 6) is 1.96. The largest absolute Gasteiger partial charge is 0.497 e. The third kappa shape index (κ3) is 4.00. The Morgan fingerprint density at radius 3 is 2.88 bits per heavy atom. The first-order valence-corrected chi connectivity index (χ1v) is 8.18. The van der Waals surface area contributed by atoms with Gasteiger partial charge in [0.1, 0.15) is 17.3 Å². The zero-order valence-corrected chi connectivity index (χ0v) is 14.7. The Kier molecular flexibility index (Phi) is 5.48. The predicted octanol–water partition coefficient (Wildman–Crippen LogP) is 2.12. The summed E-state index contributed by atoms with van der Waals surface area (Å²) in [4.78, 5) is 12.0. The molecule has 0 bridgehead atoms. The molecule has 1 N–H and O–H groups in total. The summed E-state index contributed by atoms with van der Waals surface area (Å²) in [6, 6.07) is 11.1. The van der Waals surface area contributed by atoms with Gasteiger partial charge in [-0.1, -0.05) is 6.07 Å². The van der Waals surface area contributed by atoms with Crippen molar-refractivity contribution in [1.82, 2.24) is 19.9 Å². The van der Waals surface area contributed by atoms with Gasteiger partial charge in [0.25, 0.3) is 0 Å². The average molecular weight is 352 g/mol. The van der Waals surface area contributed by atoms with Crippen molar-refractivity contribution in [2.24, 2.45) is 0 Å². The van der Waals surface area contributed by atoms with Crippen LogP contribution in [0, 0.1) is 0 Å². The highest BCUT2D eigenvalue weighted by Gasteiger charge is 2.05. The third-order valence-electron chi connectivity index (χ3n) is 3.89. The van der Waals surface area contributed by atoms with Crippen LogP contribution in [0.25, 0.3) is 11.7 Å². The van der Waals surface area contributed by atoms with Crippen molar-refractivity contribution in [3.63, 3.8) is 0 Å². The lowest BCUT2D eigenvalue weighted by molar-refractivity contribution is -0.116. The number of hydrogen-bond acceptors (Lipinski definition) is 5. The summed E-state index contributed by atoms with van der Waals surface area (Å²) in [7, 11) is 3.17. The van der Waals surface area contributed by atoms with Crippen LogP contribution in [-0.2, 0) is 11.2 Å². The Balaban J connectivity index is 1.56. The number of methoxy groups -OCH3 is 2. The standard InChI is InChI=1S/C19H20N4O3/c1-25-15-8-6-14(16(13-15)26-2)7-9-19(24)20-11-10-18-22-21-17-5-3-4-12-23(17)18/h3-9,12-13H,10-11H2,1-2H3,(H,20,24)/b9-7+. The first kappa shape index (κ1) is 17.5. The topological polar surface area (TPSA) is 77.8 Å². The first-order chi connectivity index (χ1) is 12.7. The molecule has 0 aliphatic heterocycles. The second-order valence-electron chi connectivity index (χ2n) is 5.53. The summed E-state index contributed by atoms with van der Waals surface area (Å²) < 4.78 is 12.4. The summed E-state index contributed by atoms with van der Waals surface area (Å²) in [5, 5.41) is 11.1. The number of pyridine rings is 1. The average Bonchev–Trinajstić information content (AvgIpc) is 3.09. The number of nitrogens with zero attached hydrogens (tertiary/aromatic N) is 3. The molecule has 0 aliphatic carbocycles. The van der Waals surface area contributed by atoms with Crippen molar-refractivity contribution in [1.29, 1.82) is 0 Å². The van der Waals surface area contributed by atoms with Gasteiger partial charge in [-0.3, -0.25) is 9.20 Å². The number of fused-ring (bicyclic) bond motifs is 1. The molecule has 1 aromatic carbocycles. The van der Waals surface area contributed by atoms with Crippen LogP contribution in [0.15, 0.2) is 48.7 Å². The molecule has 0 unspecified atom stereocenters. The number of carbonyl (C=O) groups is 1. The molecular formula is C19H20N4O3. The van der Waals surface area contributed by atoms with Crippen molar-refractivity contribution in [2.45, 2.75) is 6.42 Å². The van der Waals surface area contributed by atoms with E-state index < -0.39 is 0 Å². The van der Waals surface area contributed by atoms with Crippen LogP contribution in [-0.4, -0.2) is 41.3 Å². The molecule has 2 aromatic heterocycles. The zero-order chi connectivity index (χ0) is 18.4. The van der Waals surface area contributed by atoms with Crippen LogP contribution in [0.2, 0.25) is 0 Å². The van der Waals surface area contributed by atoms with E-state index >= 15 is 0 Å². The van der Waals surface area contributed by atoms with E-state index in [-0.39, 0.29) is 5.91 Å². The van der Waals surface area contributed by atoms with Crippen molar-refractivity contribution in [3.05, 3.63) is 60.1 Å². The maximum Gasteiger partial charge on any atom is 0.244 e. The molecule has 0 saturated carbocycles. The van der Waals surface area contributed by atoms with Gasteiger partial charge in [0.05, 0.1) is 14.2 Å². The van der Waals surface area contributed by atoms with Gasteiger partial charge in [0.2, 0.25) is 5.91 Å². The number of aromatic nitrogens is 3. The van der Waals surface area contributed by atoms with Gasteiger partial charge in [-0.2, -0.15) is 0 Å². The zero-order valence-electron chi connectivity index (χ0n) is 14.7. The van der Waals surface area contributed by atoms with E-state index in [1.165, 1.54) is 6.08 Å². The number of ether oxygens (including phenoxy) is 2. The molecule has 1 amide bonds. The Morgan fingerprint density at radius 2 is 2.08 bits per heavy atom. The molecule has 7 nitrogen and oxygen atoms in total. The van der Waals surface area contributed by atoms with Crippen LogP contribution in [0.4, 0.5) is 0 Å². The second kappa shape index (κ2) is 8.15. The first-order valence-electron chi connectivity index (χ1n) is 8.18. The van der Waals surface area contributed by atoms with E-state index in [1.54, 1.807) is 26.4 Å². The second-order valence-corrected chi connectivity index (χ2v) is 5.53. The van der Waals surface area contributed by atoms with E-state index in [9.17, 15) is 4.79 Å². The van der Waals surface area contributed by atoms with Crippen molar-refractivity contribution >= 4 is 17.6 Å². The maximum absolute atomic E-state index is 12.0. The number of amides is 1. The van der Waals surface area contributed by atoms with Crippen molar-refractivity contribution in [3.8, 4) is 11.5 Å². The molecular weight excluding hydrogens is 332 g/mol. The van der Waals surface area contributed by atoms with Crippen LogP contribution in [0.3, 0.4) is 0 Å². The number of carbonyl (C=O) groups excluding carboxylic acids is 1.